The minimum Gasteiger partial charge on any atom is -0.0596 e. The molecule has 4 rings (SSSR count). The largest absolute Gasteiger partial charge is 0.0596 e. The standard InChI is InChI=1S/C13H22/c1-12-5-10-3-4-11(6-12)8-13(2,7-10)9-12/h10-11H,3-9H2,1-2H3. The van der Waals surface area contributed by atoms with Crippen LogP contribution in [0.4, 0.5) is 0 Å². The molecule has 0 heterocycles. The molecule has 0 aromatic rings. The van der Waals surface area contributed by atoms with E-state index in [9.17, 15) is 0 Å². The molecule has 4 bridgehead atoms. The van der Waals surface area contributed by atoms with Gasteiger partial charge in [-0.2, -0.15) is 0 Å². The smallest absolute Gasteiger partial charge is 0.0315 e. The molecule has 4 aliphatic carbocycles. The summed E-state index contributed by atoms with van der Waals surface area (Å²) in [7, 11) is 0. The van der Waals surface area contributed by atoms with E-state index in [4.69, 9.17) is 0 Å². The Labute approximate surface area is 82.1 Å². The molecule has 4 fully saturated rings. The topological polar surface area (TPSA) is 0 Å². The van der Waals surface area contributed by atoms with Crippen molar-refractivity contribution in [2.24, 2.45) is 22.7 Å². The van der Waals surface area contributed by atoms with Gasteiger partial charge in [-0.1, -0.05) is 26.7 Å². The van der Waals surface area contributed by atoms with E-state index in [1.807, 2.05) is 0 Å². The molecule has 0 nitrogen and oxygen atoms in total. The summed E-state index contributed by atoms with van der Waals surface area (Å²) in [5.41, 5.74) is 1.49. The highest BCUT2D eigenvalue weighted by molar-refractivity contribution is 5.01. The molecule has 0 radical (unpaired) electrons. The highest BCUT2D eigenvalue weighted by atomic mass is 14.6. The molecule has 0 amide bonds. The van der Waals surface area contributed by atoms with Crippen LogP contribution in [0.5, 0.6) is 0 Å². The number of hydrogen-bond acceptors (Lipinski definition) is 0. The van der Waals surface area contributed by atoms with E-state index in [1.165, 1.54) is 6.42 Å². The number of rotatable bonds is 0. The Bertz CT molecular complexity index is 192. The summed E-state index contributed by atoms with van der Waals surface area (Å²) in [5, 5.41) is 0. The monoisotopic (exact) mass is 178 g/mol. The van der Waals surface area contributed by atoms with Gasteiger partial charge in [0.05, 0.1) is 0 Å². The molecular formula is C13H22. The van der Waals surface area contributed by atoms with E-state index in [2.05, 4.69) is 13.8 Å². The average molecular weight is 178 g/mol. The first-order chi connectivity index (χ1) is 6.07. The lowest BCUT2D eigenvalue weighted by molar-refractivity contribution is -0.0126. The SMILES string of the molecule is CC12CC3CCC(C1)CC(C)(C3)C2. The van der Waals surface area contributed by atoms with Crippen molar-refractivity contribution in [3.63, 3.8) is 0 Å². The maximum absolute atomic E-state index is 2.56. The van der Waals surface area contributed by atoms with Gasteiger partial charge in [0.25, 0.3) is 0 Å². The Morgan fingerprint density at radius 2 is 1.15 bits per heavy atom. The van der Waals surface area contributed by atoms with Crippen molar-refractivity contribution in [1.82, 2.24) is 0 Å². The van der Waals surface area contributed by atoms with E-state index in [0.29, 0.717) is 0 Å². The van der Waals surface area contributed by atoms with Gasteiger partial charge in [-0.25, -0.2) is 0 Å². The molecule has 0 aromatic carbocycles. The van der Waals surface area contributed by atoms with Gasteiger partial charge in [0.2, 0.25) is 0 Å². The van der Waals surface area contributed by atoms with Crippen molar-refractivity contribution in [1.29, 1.82) is 0 Å². The second kappa shape index (κ2) is 2.32. The van der Waals surface area contributed by atoms with Gasteiger partial charge in [0.15, 0.2) is 0 Å². The van der Waals surface area contributed by atoms with Crippen molar-refractivity contribution in [2.75, 3.05) is 0 Å². The van der Waals surface area contributed by atoms with Crippen LogP contribution in [-0.2, 0) is 0 Å². The van der Waals surface area contributed by atoms with Crippen LogP contribution < -0.4 is 0 Å². The molecule has 0 aromatic heterocycles. The number of fused-ring (bicyclic) bond motifs is 1. The highest BCUT2D eigenvalue weighted by Crippen LogP contribution is 2.62. The zero-order valence-electron chi connectivity index (χ0n) is 9.10. The van der Waals surface area contributed by atoms with Crippen molar-refractivity contribution >= 4 is 0 Å². The normalized spacial score (nSPS) is 59.5. The van der Waals surface area contributed by atoms with Crippen molar-refractivity contribution < 1.29 is 0 Å². The lowest BCUT2D eigenvalue weighted by Gasteiger charge is -2.52. The van der Waals surface area contributed by atoms with Gasteiger partial charge in [-0.05, 0) is 54.8 Å². The summed E-state index contributed by atoms with van der Waals surface area (Å²) in [4.78, 5) is 0. The van der Waals surface area contributed by atoms with E-state index < -0.39 is 0 Å². The predicted molar refractivity (Wildman–Crippen MR) is 55.5 cm³/mol. The fraction of sp³-hybridized carbons (Fsp3) is 1.00. The van der Waals surface area contributed by atoms with E-state index >= 15 is 0 Å². The van der Waals surface area contributed by atoms with Crippen molar-refractivity contribution in [3.05, 3.63) is 0 Å². The van der Waals surface area contributed by atoms with Crippen molar-refractivity contribution in [2.45, 2.75) is 58.8 Å². The van der Waals surface area contributed by atoms with Gasteiger partial charge >= 0.3 is 0 Å². The molecule has 0 saturated heterocycles. The molecule has 0 aliphatic heterocycles. The van der Waals surface area contributed by atoms with Crippen LogP contribution in [0.3, 0.4) is 0 Å². The van der Waals surface area contributed by atoms with Crippen LogP contribution in [0.2, 0.25) is 0 Å². The minimum absolute atomic E-state index is 0.747. The lowest BCUT2D eigenvalue weighted by Crippen LogP contribution is -2.41. The third-order valence-electron chi connectivity index (χ3n) is 4.96. The summed E-state index contributed by atoms with van der Waals surface area (Å²) in [6, 6.07) is 0. The van der Waals surface area contributed by atoms with Crippen LogP contribution in [-0.4, -0.2) is 0 Å². The summed E-state index contributed by atoms with van der Waals surface area (Å²) in [5.74, 6) is 2.19. The molecule has 0 heteroatoms. The summed E-state index contributed by atoms with van der Waals surface area (Å²) in [6.07, 6.45) is 10.9. The van der Waals surface area contributed by atoms with Crippen molar-refractivity contribution in [3.8, 4) is 0 Å². The summed E-state index contributed by atoms with van der Waals surface area (Å²) >= 11 is 0. The second-order valence-corrected chi connectivity index (χ2v) is 6.92. The molecule has 0 N–H and O–H groups in total. The fourth-order valence-electron chi connectivity index (χ4n) is 5.30. The van der Waals surface area contributed by atoms with Crippen LogP contribution in [0.15, 0.2) is 0 Å². The zero-order chi connectivity index (χ0) is 9.10. The van der Waals surface area contributed by atoms with Gasteiger partial charge in [0, 0.05) is 0 Å². The fourth-order valence-corrected chi connectivity index (χ4v) is 5.30. The van der Waals surface area contributed by atoms with Crippen LogP contribution in [0, 0.1) is 22.7 Å². The molecule has 4 saturated carbocycles. The molecule has 4 aliphatic rings. The maximum Gasteiger partial charge on any atom is -0.0315 e. The molecular weight excluding hydrogens is 156 g/mol. The van der Waals surface area contributed by atoms with E-state index in [-0.39, 0.29) is 0 Å². The molecule has 0 unspecified atom stereocenters. The maximum atomic E-state index is 2.56. The Morgan fingerprint density at radius 1 is 0.769 bits per heavy atom. The summed E-state index contributed by atoms with van der Waals surface area (Å²) in [6.45, 7) is 5.13. The molecule has 0 atom stereocenters. The minimum atomic E-state index is 0.747. The zero-order valence-corrected chi connectivity index (χ0v) is 9.10. The van der Waals surface area contributed by atoms with E-state index in [0.717, 1.165) is 22.7 Å². The predicted octanol–water partition coefficient (Wildman–Crippen LogP) is 4.00. The molecule has 0 spiro atoms. The van der Waals surface area contributed by atoms with Crippen LogP contribution >= 0.6 is 0 Å². The van der Waals surface area contributed by atoms with Crippen LogP contribution in [0.1, 0.15) is 58.8 Å². The summed E-state index contributed by atoms with van der Waals surface area (Å²) < 4.78 is 0. The van der Waals surface area contributed by atoms with Gasteiger partial charge in [-0.15, -0.1) is 0 Å². The number of hydrogen-bond donors (Lipinski definition) is 0. The van der Waals surface area contributed by atoms with Gasteiger partial charge in [0.1, 0.15) is 0 Å². The Morgan fingerprint density at radius 3 is 1.54 bits per heavy atom. The highest BCUT2D eigenvalue weighted by Gasteiger charge is 2.50. The molecule has 74 valence electrons. The molecule has 13 heavy (non-hydrogen) atoms. The van der Waals surface area contributed by atoms with Gasteiger partial charge in [-0.3, -0.25) is 0 Å². The third kappa shape index (κ3) is 1.25. The second-order valence-electron chi connectivity index (χ2n) is 6.92. The average Bonchev–Trinajstić information content (AvgIpc) is 2.11. The lowest BCUT2D eigenvalue weighted by atomic mass is 9.53. The first-order valence-electron chi connectivity index (χ1n) is 6.07. The Hall–Kier alpha value is 0. The Balaban J connectivity index is 2.00. The first kappa shape index (κ1) is 8.32. The Kier molecular flexibility index (Phi) is 1.49. The quantitative estimate of drug-likeness (QED) is 0.526. The first-order valence-corrected chi connectivity index (χ1v) is 6.07. The van der Waals surface area contributed by atoms with E-state index in [1.54, 1.807) is 38.5 Å². The third-order valence-corrected chi connectivity index (χ3v) is 4.96. The van der Waals surface area contributed by atoms with Gasteiger partial charge < -0.3 is 0 Å². The van der Waals surface area contributed by atoms with Crippen LogP contribution in [0.25, 0.3) is 0 Å².